The minimum absolute atomic E-state index is 0.255. The summed E-state index contributed by atoms with van der Waals surface area (Å²) in [6.45, 7) is 2.61. The van der Waals surface area contributed by atoms with Crippen LogP contribution in [0.15, 0.2) is 48.5 Å². The second-order valence-electron chi connectivity index (χ2n) is 4.48. The Hall–Kier alpha value is -1.61. The fourth-order valence-electron chi connectivity index (χ4n) is 1.87. The van der Waals surface area contributed by atoms with Gasteiger partial charge < -0.3 is 10.5 Å². The maximum absolute atomic E-state index is 5.89. The van der Waals surface area contributed by atoms with Gasteiger partial charge in [-0.25, -0.2) is 0 Å². The predicted octanol–water partition coefficient (Wildman–Crippen LogP) is 4.23. The van der Waals surface area contributed by atoms with Crippen molar-refractivity contribution in [2.24, 2.45) is 0 Å². The van der Waals surface area contributed by atoms with Gasteiger partial charge in [0.15, 0.2) is 0 Å². The number of hydrogen-bond donors (Lipinski definition) is 2. The number of anilines is 1. The van der Waals surface area contributed by atoms with Gasteiger partial charge in [0.25, 0.3) is 0 Å². The highest BCUT2D eigenvalue weighted by Crippen LogP contribution is 2.26. The van der Waals surface area contributed by atoms with Crippen LogP contribution in [-0.4, -0.2) is 0 Å². The van der Waals surface area contributed by atoms with Gasteiger partial charge in [0.1, 0.15) is 12.4 Å². The van der Waals surface area contributed by atoms with Gasteiger partial charge in [-0.2, -0.15) is 12.6 Å². The van der Waals surface area contributed by atoms with Crippen LogP contribution in [0.2, 0.25) is 0 Å². The van der Waals surface area contributed by atoms with Crippen LogP contribution in [0.4, 0.5) is 5.69 Å². The average Bonchev–Trinajstić information content (AvgIpc) is 2.46. The van der Waals surface area contributed by atoms with Crippen LogP contribution in [0.25, 0.3) is 0 Å². The molecule has 2 rings (SSSR count). The first-order valence-electron chi connectivity index (χ1n) is 6.45. The third-order valence-corrected chi connectivity index (χ3v) is 3.74. The fraction of sp³-hybridized carbons (Fsp3) is 0.250. The van der Waals surface area contributed by atoms with Crippen molar-refractivity contribution in [1.29, 1.82) is 0 Å². The molecule has 2 aromatic rings. The van der Waals surface area contributed by atoms with Crippen LogP contribution >= 0.6 is 12.6 Å². The Bertz CT molecular complexity index is 542. The van der Waals surface area contributed by atoms with E-state index < -0.39 is 0 Å². The molecule has 0 spiro atoms. The monoisotopic (exact) mass is 273 g/mol. The van der Waals surface area contributed by atoms with E-state index in [1.54, 1.807) is 0 Å². The van der Waals surface area contributed by atoms with E-state index in [4.69, 9.17) is 10.5 Å². The summed E-state index contributed by atoms with van der Waals surface area (Å²) in [6.07, 6.45) is 0.998. The molecular formula is C16H19NOS. The molecule has 2 N–H and O–H groups in total. The Labute approximate surface area is 120 Å². The third-order valence-electron chi connectivity index (χ3n) is 3.08. The molecule has 0 aromatic heterocycles. The molecule has 0 aliphatic rings. The van der Waals surface area contributed by atoms with Crippen LogP contribution in [0.5, 0.6) is 5.75 Å². The summed E-state index contributed by atoms with van der Waals surface area (Å²) in [5, 5.41) is 0.255. The van der Waals surface area contributed by atoms with Crippen molar-refractivity contribution in [3.63, 3.8) is 0 Å². The van der Waals surface area contributed by atoms with E-state index in [9.17, 15) is 0 Å². The Morgan fingerprint density at radius 3 is 2.68 bits per heavy atom. The summed E-state index contributed by atoms with van der Waals surface area (Å²) in [4.78, 5) is 0. The molecule has 2 nitrogen and oxygen atoms in total. The molecule has 0 saturated carbocycles. The first-order valence-corrected chi connectivity index (χ1v) is 6.96. The van der Waals surface area contributed by atoms with Crippen molar-refractivity contribution >= 4 is 18.3 Å². The van der Waals surface area contributed by atoms with Crippen LogP contribution in [0.1, 0.15) is 29.7 Å². The number of thiol groups is 1. The van der Waals surface area contributed by atoms with Gasteiger partial charge in [0, 0.05) is 16.5 Å². The molecule has 0 heterocycles. The summed E-state index contributed by atoms with van der Waals surface area (Å²) in [5.41, 5.74) is 8.85. The number of para-hydroxylation sites is 1. The lowest BCUT2D eigenvalue weighted by atomic mass is 10.1. The molecular weight excluding hydrogens is 254 g/mol. The Morgan fingerprint density at radius 1 is 1.16 bits per heavy atom. The highest BCUT2D eigenvalue weighted by atomic mass is 32.1. The summed E-state index contributed by atoms with van der Waals surface area (Å²) in [7, 11) is 0. The second-order valence-corrected chi connectivity index (χ2v) is 5.11. The quantitative estimate of drug-likeness (QED) is 0.631. The lowest BCUT2D eigenvalue weighted by molar-refractivity contribution is 0.306. The molecule has 0 aliphatic heterocycles. The lowest BCUT2D eigenvalue weighted by Gasteiger charge is -2.12. The van der Waals surface area contributed by atoms with E-state index in [2.05, 4.69) is 25.6 Å². The molecule has 1 atom stereocenters. The van der Waals surface area contributed by atoms with Crippen molar-refractivity contribution in [3.8, 4) is 5.75 Å². The number of nitrogens with two attached hydrogens (primary N) is 1. The molecule has 0 amide bonds. The molecule has 0 aliphatic carbocycles. The van der Waals surface area contributed by atoms with E-state index in [1.807, 2.05) is 42.5 Å². The number of nitrogen functional groups attached to an aromatic ring is 1. The zero-order valence-electron chi connectivity index (χ0n) is 11.0. The number of rotatable bonds is 5. The second kappa shape index (κ2) is 6.53. The fourth-order valence-corrected chi connectivity index (χ4v) is 2.03. The predicted molar refractivity (Wildman–Crippen MR) is 83.6 cm³/mol. The standard InChI is InChI=1S/C16H19NOS/c1-2-16(19)12-7-5-8-14(10-12)18-11-13-6-3-4-9-15(13)17/h3-10,16,19H,2,11,17H2,1H3. The van der Waals surface area contributed by atoms with Gasteiger partial charge in [-0.05, 0) is 30.2 Å². The third kappa shape index (κ3) is 3.67. The largest absolute Gasteiger partial charge is 0.489 e. The first-order chi connectivity index (χ1) is 9.20. The lowest BCUT2D eigenvalue weighted by Crippen LogP contribution is -2.00. The van der Waals surface area contributed by atoms with Crippen molar-refractivity contribution in [2.45, 2.75) is 25.2 Å². The maximum atomic E-state index is 5.89. The van der Waals surface area contributed by atoms with E-state index >= 15 is 0 Å². The van der Waals surface area contributed by atoms with Crippen LogP contribution in [0, 0.1) is 0 Å². The summed E-state index contributed by atoms with van der Waals surface area (Å²) in [5.74, 6) is 0.855. The first kappa shape index (κ1) is 13.8. The van der Waals surface area contributed by atoms with E-state index in [1.165, 1.54) is 5.56 Å². The Balaban J connectivity index is 2.06. The van der Waals surface area contributed by atoms with Crippen molar-refractivity contribution < 1.29 is 4.74 Å². The van der Waals surface area contributed by atoms with Gasteiger partial charge in [-0.15, -0.1) is 0 Å². The zero-order chi connectivity index (χ0) is 13.7. The van der Waals surface area contributed by atoms with Gasteiger partial charge in [0.05, 0.1) is 0 Å². The number of ether oxygens (including phenoxy) is 1. The summed E-state index contributed by atoms with van der Waals surface area (Å²) in [6, 6.07) is 15.8. The minimum atomic E-state index is 0.255. The van der Waals surface area contributed by atoms with Gasteiger partial charge >= 0.3 is 0 Å². The smallest absolute Gasteiger partial charge is 0.120 e. The number of hydrogen-bond acceptors (Lipinski definition) is 3. The molecule has 0 radical (unpaired) electrons. The Morgan fingerprint density at radius 2 is 1.95 bits per heavy atom. The molecule has 2 aromatic carbocycles. The molecule has 100 valence electrons. The number of benzene rings is 2. The molecule has 19 heavy (non-hydrogen) atoms. The van der Waals surface area contributed by atoms with Crippen LogP contribution in [0.3, 0.4) is 0 Å². The van der Waals surface area contributed by atoms with E-state index in [-0.39, 0.29) is 5.25 Å². The molecule has 3 heteroatoms. The van der Waals surface area contributed by atoms with E-state index in [0.717, 1.165) is 23.4 Å². The molecule has 0 bridgehead atoms. The zero-order valence-corrected chi connectivity index (χ0v) is 11.9. The van der Waals surface area contributed by atoms with Gasteiger partial charge in [0.2, 0.25) is 0 Å². The summed E-state index contributed by atoms with van der Waals surface area (Å²) < 4.78 is 5.79. The molecule has 0 fully saturated rings. The average molecular weight is 273 g/mol. The van der Waals surface area contributed by atoms with Gasteiger partial charge in [-0.3, -0.25) is 0 Å². The summed E-state index contributed by atoms with van der Waals surface area (Å²) >= 11 is 4.55. The topological polar surface area (TPSA) is 35.2 Å². The normalized spacial score (nSPS) is 12.1. The van der Waals surface area contributed by atoms with E-state index in [0.29, 0.717) is 6.61 Å². The maximum Gasteiger partial charge on any atom is 0.120 e. The minimum Gasteiger partial charge on any atom is -0.489 e. The highest BCUT2D eigenvalue weighted by Gasteiger charge is 2.05. The van der Waals surface area contributed by atoms with Gasteiger partial charge in [-0.1, -0.05) is 37.3 Å². The molecule has 1 unspecified atom stereocenters. The molecule has 0 saturated heterocycles. The van der Waals surface area contributed by atoms with Crippen molar-refractivity contribution in [3.05, 3.63) is 59.7 Å². The van der Waals surface area contributed by atoms with Crippen molar-refractivity contribution in [1.82, 2.24) is 0 Å². The van der Waals surface area contributed by atoms with Crippen LogP contribution in [-0.2, 0) is 6.61 Å². The Kier molecular flexibility index (Phi) is 4.74. The SMILES string of the molecule is CCC(S)c1cccc(OCc2ccccc2N)c1. The van der Waals surface area contributed by atoms with Crippen molar-refractivity contribution in [2.75, 3.05) is 5.73 Å². The highest BCUT2D eigenvalue weighted by molar-refractivity contribution is 7.80. The van der Waals surface area contributed by atoms with Crippen LogP contribution < -0.4 is 10.5 Å².